The summed E-state index contributed by atoms with van der Waals surface area (Å²) < 4.78 is 14.2. The van der Waals surface area contributed by atoms with E-state index in [0.717, 1.165) is 4.47 Å². The molecule has 1 rings (SSSR count). The molecule has 1 N–H and O–H groups in total. The molecule has 0 spiro atoms. The lowest BCUT2D eigenvalue weighted by molar-refractivity contribution is 0.0859. The number of hydroxylamine groups is 1. The molecule has 1 aromatic rings. The fraction of sp³-hybridized carbons (Fsp3) is 0.333. The van der Waals surface area contributed by atoms with Gasteiger partial charge < -0.3 is 4.84 Å². The molecule has 0 bridgehead atoms. The molecular weight excluding hydrogens is 237 g/mol. The highest BCUT2D eigenvalue weighted by molar-refractivity contribution is 9.10. The van der Waals surface area contributed by atoms with E-state index in [-0.39, 0.29) is 5.82 Å². The molecule has 0 aliphatic heterocycles. The van der Waals surface area contributed by atoms with E-state index in [2.05, 4.69) is 26.2 Å². The van der Waals surface area contributed by atoms with Crippen molar-refractivity contribution in [3.8, 4) is 0 Å². The van der Waals surface area contributed by atoms with E-state index in [4.69, 9.17) is 0 Å². The summed E-state index contributed by atoms with van der Waals surface area (Å²) in [6, 6.07) is 3.55. The summed E-state index contributed by atoms with van der Waals surface area (Å²) >= 11 is 3.26. The van der Waals surface area contributed by atoms with Gasteiger partial charge in [-0.2, -0.15) is 5.48 Å². The van der Waals surface area contributed by atoms with Crippen LogP contribution in [0.4, 0.5) is 4.39 Å². The van der Waals surface area contributed by atoms with E-state index in [9.17, 15) is 4.39 Å². The molecule has 0 atom stereocenters. The van der Waals surface area contributed by atoms with Crippen LogP contribution in [0.3, 0.4) is 0 Å². The molecule has 72 valence electrons. The van der Waals surface area contributed by atoms with Gasteiger partial charge in [-0.1, -0.05) is 22.0 Å². The predicted molar refractivity (Wildman–Crippen MR) is 52.7 cm³/mol. The van der Waals surface area contributed by atoms with E-state index >= 15 is 0 Å². The number of hydrogen-bond acceptors (Lipinski definition) is 2. The Bertz CT molecular complexity index is 304. The van der Waals surface area contributed by atoms with Crippen molar-refractivity contribution in [2.45, 2.75) is 13.5 Å². The molecule has 0 fully saturated rings. The molecule has 13 heavy (non-hydrogen) atoms. The van der Waals surface area contributed by atoms with Crippen LogP contribution in [0.1, 0.15) is 11.1 Å². The lowest BCUT2D eigenvalue weighted by atomic mass is 10.1. The van der Waals surface area contributed by atoms with Crippen molar-refractivity contribution in [3.05, 3.63) is 33.5 Å². The third kappa shape index (κ3) is 2.49. The highest BCUT2D eigenvalue weighted by Gasteiger charge is 2.07. The summed E-state index contributed by atoms with van der Waals surface area (Å²) in [4.78, 5) is 4.64. The summed E-state index contributed by atoms with van der Waals surface area (Å²) in [7, 11) is 1.50. The van der Waals surface area contributed by atoms with Crippen LogP contribution in [0.5, 0.6) is 0 Å². The largest absolute Gasteiger partial charge is 0.305 e. The third-order valence-corrected chi connectivity index (χ3v) is 2.67. The van der Waals surface area contributed by atoms with Crippen LogP contribution < -0.4 is 5.48 Å². The Morgan fingerprint density at radius 2 is 2.23 bits per heavy atom. The zero-order valence-corrected chi connectivity index (χ0v) is 9.11. The summed E-state index contributed by atoms with van der Waals surface area (Å²) in [5.41, 5.74) is 3.82. The Morgan fingerprint density at radius 1 is 1.54 bits per heavy atom. The van der Waals surface area contributed by atoms with Crippen molar-refractivity contribution in [2.75, 3.05) is 7.11 Å². The first-order chi connectivity index (χ1) is 6.16. The molecular formula is C9H11BrFNO. The van der Waals surface area contributed by atoms with Crippen molar-refractivity contribution in [1.82, 2.24) is 5.48 Å². The Morgan fingerprint density at radius 3 is 2.85 bits per heavy atom. The van der Waals surface area contributed by atoms with Gasteiger partial charge in [-0.3, -0.25) is 0 Å². The maximum absolute atomic E-state index is 13.5. The van der Waals surface area contributed by atoms with E-state index in [1.165, 1.54) is 7.11 Å². The lowest BCUT2D eigenvalue weighted by Gasteiger charge is -2.07. The van der Waals surface area contributed by atoms with Crippen LogP contribution in [0.2, 0.25) is 0 Å². The summed E-state index contributed by atoms with van der Waals surface area (Å²) in [5.74, 6) is -0.195. The predicted octanol–water partition coefficient (Wildman–Crippen LogP) is 2.55. The highest BCUT2D eigenvalue weighted by Crippen LogP contribution is 2.21. The topological polar surface area (TPSA) is 21.3 Å². The Kier molecular flexibility index (Phi) is 3.84. The van der Waals surface area contributed by atoms with Crippen molar-refractivity contribution < 1.29 is 9.23 Å². The molecule has 4 heteroatoms. The minimum absolute atomic E-state index is 0.195. The number of rotatable bonds is 3. The lowest BCUT2D eigenvalue weighted by Crippen LogP contribution is -2.12. The van der Waals surface area contributed by atoms with Crippen molar-refractivity contribution in [2.24, 2.45) is 0 Å². The quantitative estimate of drug-likeness (QED) is 0.830. The second-order valence-electron chi connectivity index (χ2n) is 2.67. The first-order valence-electron chi connectivity index (χ1n) is 3.86. The Hall–Kier alpha value is -0.450. The van der Waals surface area contributed by atoms with Gasteiger partial charge in [0.2, 0.25) is 0 Å². The molecule has 0 unspecified atom stereocenters. The van der Waals surface area contributed by atoms with Crippen LogP contribution >= 0.6 is 15.9 Å². The maximum Gasteiger partial charge on any atom is 0.131 e. The third-order valence-electron chi connectivity index (χ3n) is 1.81. The number of hydrogen-bond donors (Lipinski definition) is 1. The van der Waals surface area contributed by atoms with E-state index in [1.807, 2.05) is 6.07 Å². The van der Waals surface area contributed by atoms with Gasteiger partial charge in [-0.15, -0.1) is 0 Å². The summed E-state index contributed by atoms with van der Waals surface area (Å²) in [6.45, 7) is 2.10. The molecule has 0 amide bonds. The Labute approximate surface area is 85.2 Å². The first-order valence-corrected chi connectivity index (χ1v) is 4.65. The van der Waals surface area contributed by atoms with Crippen LogP contribution in [-0.4, -0.2) is 7.11 Å². The van der Waals surface area contributed by atoms with Crippen LogP contribution in [0.25, 0.3) is 0 Å². The average Bonchev–Trinajstić information content (AvgIpc) is 2.13. The van der Waals surface area contributed by atoms with Gasteiger partial charge in [0, 0.05) is 16.6 Å². The fourth-order valence-corrected chi connectivity index (χ4v) is 1.31. The molecule has 0 saturated heterocycles. The molecule has 0 heterocycles. The zero-order chi connectivity index (χ0) is 9.84. The van der Waals surface area contributed by atoms with Crippen molar-refractivity contribution >= 4 is 15.9 Å². The van der Waals surface area contributed by atoms with Crippen molar-refractivity contribution in [3.63, 3.8) is 0 Å². The number of nitrogens with one attached hydrogen (secondary N) is 1. The smallest absolute Gasteiger partial charge is 0.131 e. The fourth-order valence-electron chi connectivity index (χ4n) is 1.00. The molecule has 0 aromatic heterocycles. The van der Waals surface area contributed by atoms with Gasteiger partial charge in [0.15, 0.2) is 0 Å². The normalized spacial score (nSPS) is 10.5. The molecule has 2 nitrogen and oxygen atoms in total. The van der Waals surface area contributed by atoms with E-state index in [0.29, 0.717) is 17.7 Å². The van der Waals surface area contributed by atoms with Crippen LogP contribution in [0, 0.1) is 12.7 Å². The SMILES string of the molecule is CONCc1ccc(Br)c(C)c1F. The zero-order valence-electron chi connectivity index (χ0n) is 7.53. The number of benzene rings is 1. The molecule has 1 aromatic carbocycles. The van der Waals surface area contributed by atoms with Gasteiger partial charge in [-0.25, -0.2) is 4.39 Å². The minimum Gasteiger partial charge on any atom is -0.305 e. The molecule has 0 aliphatic rings. The van der Waals surface area contributed by atoms with Crippen molar-refractivity contribution in [1.29, 1.82) is 0 Å². The van der Waals surface area contributed by atoms with Gasteiger partial charge in [0.1, 0.15) is 5.82 Å². The van der Waals surface area contributed by atoms with Gasteiger partial charge >= 0.3 is 0 Å². The van der Waals surface area contributed by atoms with Gasteiger partial charge in [-0.05, 0) is 18.6 Å². The van der Waals surface area contributed by atoms with E-state index < -0.39 is 0 Å². The number of halogens is 2. The standard InChI is InChI=1S/C9H11BrFNO/c1-6-8(10)4-3-7(9(6)11)5-12-13-2/h3-4,12H,5H2,1-2H3. The van der Waals surface area contributed by atoms with Gasteiger partial charge in [0.05, 0.1) is 7.11 Å². The Balaban J connectivity index is 2.90. The van der Waals surface area contributed by atoms with Crippen LogP contribution in [0.15, 0.2) is 16.6 Å². The molecule has 0 aliphatic carbocycles. The highest BCUT2D eigenvalue weighted by atomic mass is 79.9. The summed E-state index contributed by atoms with van der Waals surface area (Å²) in [5, 5.41) is 0. The van der Waals surface area contributed by atoms with Gasteiger partial charge in [0.25, 0.3) is 0 Å². The second-order valence-corrected chi connectivity index (χ2v) is 3.53. The second kappa shape index (κ2) is 4.69. The average molecular weight is 248 g/mol. The van der Waals surface area contributed by atoms with E-state index in [1.54, 1.807) is 13.0 Å². The first kappa shape index (κ1) is 10.6. The summed E-state index contributed by atoms with van der Waals surface area (Å²) in [6.07, 6.45) is 0. The molecule has 0 radical (unpaired) electrons. The van der Waals surface area contributed by atoms with Crippen LogP contribution in [-0.2, 0) is 11.4 Å². The molecule has 0 saturated carbocycles. The monoisotopic (exact) mass is 247 g/mol. The maximum atomic E-state index is 13.5. The minimum atomic E-state index is -0.195.